The number of sulfonamides is 1. The smallest absolute Gasteiger partial charge is 0.262 e. The molecule has 1 heterocycles. The minimum atomic E-state index is -3.77. The van der Waals surface area contributed by atoms with Gasteiger partial charge in [-0.1, -0.05) is 23.4 Å². The van der Waals surface area contributed by atoms with Crippen LogP contribution in [-0.4, -0.2) is 27.7 Å². The van der Waals surface area contributed by atoms with E-state index in [1.54, 1.807) is 25.1 Å². The summed E-state index contributed by atoms with van der Waals surface area (Å²) in [6.07, 6.45) is 0. The highest BCUT2D eigenvalue weighted by Gasteiger charge is 2.20. The molecule has 0 saturated heterocycles. The summed E-state index contributed by atoms with van der Waals surface area (Å²) in [7, 11) is 0.0866. The van der Waals surface area contributed by atoms with Gasteiger partial charge in [0.25, 0.3) is 10.0 Å². The fourth-order valence-electron chi connectivity index (χ4n) is 3.08. The Morgan fingerprint density at radius 2 is 1.64 bits per heavy atom. The highest BCUT2D eigenvalue weighted by Crippen LogP contribution is 2.30. The molecule has 0 amide bonds. The molecular formula is C21H25N3O3S. The average molecular weight is 400 g/mol. The molecule has 0 bridgehead atoms. The van der Waals surface area contributed by atoms with Gasteiger partial charge in [-0.05, 0) is 57.0 Å². The van der Waals surface area contributed by atoms with Gasteiger partial charge in [0.1, 0.15) is 0 Å². The van der Waals surface area contributed by atoms with Crippen molar-refractivity contribution in [3.8, 4) is 11.3 Å². The first-order valence-electron chi connectivity index (χ1n) is 8.95. The summed E-state index contributed by atoms with van der Waals surface area (Å²) >= 11 is 0. The van der Waals surface area contributed by atoms with E-state index in [1.165, 1.54) is 0 Å². The molecule has 3 aromatic rings. The number of aryl methyl sites for hydroxylation is 3. The van der Waals surface area contributed by atoms with Gasteiger partial charge in [-0.15, -0.1) is 0 Å². The second kappa shape index (κ2) is 7.31. The fourth-order valence-corrected chi connectivity index (χ4v) is 4.40. The first-order valence-corrected chi connectivity index (χ1v) is 10.4. The molecule has 7 heteroatoms. The second-order valence-corrected chi connectivity index (χ2v) is 8.85. The van der Waals surface area contributed by atoms with Crippen LogP contribution in [0.2, 0.25) is 0 Å². The van der Waals surface area contributed by atoms with E-state index in [0.717, 1.165) is 22.5 Å². The monoisotopic (exact) mass is 399 g/mol. The zero-order valence-electron chi connectivity index (χ0n) is 17.0. The third-order valence-electron chi connectivity index (χ3n) is 4.84. The highest BCUT2D eigenvalue weighted by atomic mass is 32.2. The van der Waals surface area contributed by atoms with E-state index < -0.39 is 10.0 Å². The number of hydrogen-bond donors (Lipinski definition) is 1. The van der Waals surface area contributed by atoms with Crippen LogP contribution in [0.25, 0.3) is 11.3 Å². The molecule has 0 unspecified atom stereocenters. The van der Waals surface area contributed by atoms with E-state index in [-0.39, 0.29) is 4.90 Å². The van der Waals surface area contributed by atoms with E-state index in [2.05, 4.69) is 9.88 Å². The lowest BCUT2D eigenvalue weighted by molar-refractivity contribution is 0.427. The third kappa shape index (κ3) is 3.75. The van der Waals surface area contributed by atoms with E-state index >= 15 is 0 Å². The van der Waals surface area contributed by atoms with E-state index in [4.69, 9.17) is 4.52 Å². The quantitative estimate of drug-likeness (QED) is 0.686. The van der Waals surface area contributed by atoms with Crippen molar-refractivity contribution >= 4 is 21.4 Å². The Morgan fingerprint density at radius 3 is 2.25 bits per heavy atom. The standard InChI is InChI=1S/C21H25N3O3S/c1-13-8-10-18(12-19(13)24(5)6)23-28(25,26)20-11-17(9-7-14(20)2)21-15(3)16(4)22-27-21/h7-12,23H,1-6H3. The first-order chi connectivity index (χ1) is 13.1. The van der Waals surface area contributed by atoms with Crippen LogP contribution in [-0.2, 0) is 10.0 Å². The molecule has 0 radical (unpaired) electrons. The van der Waals surface area contributed by atoms with Crippen LogP contribution >= 0.6 is 0 Å². The molecule has 0 saturated carbocycles. The van der Waals surface area contributed by atoms with Crippen molar-refractivity contribution < 1.29 is 12.9 Å². The van der Waals surface area contributed by atoms with Gasteiger partial charge < -0.3 is 9.42 Å². The molecule has 148 valence electrons. The maximum absolute atomic E-state index is 13.1. The third-order valence-corrected chi connectivity index (χ3v) is 6.36. The van der Waals surface area contributed by atoms with Gasteiger partial charge in [0.2, 0.25) is 0 Å². The number of nitrogens with zero attached hydrogens (tertiary/aromatic N) is 2. The molecule has 0 fully saturated rings. The summed E-state index contributed by atoms with van der Waals surface area (Å²) < 4.78 is 34.3. The summed E-state index contributed by atoms with van der Waals surface area (Å²) in [5.74, 6) is 0.583. The SMILES string of the molecule is Cc1ccc(NS(=O)(=O)c2cc(-c3onc(C)c3C)ccc2C)cc1N(C)C. The number of nitrogens with one attached hydrogen (secondary N) is 1. The molecule has 0 aliphatic carbocycles. The summed E-state index contributed by atoms with van der Waals surface area (Å²) in [5.41, 5.74) is 5.57. The Labute approximate surface area is 166 Å². The van der Waals surface area contributed by atoms with E-state index in [0.29, 0.717) is 22.6 Å². The van der Waals surface area contributed by atoms with Gasteiger partial charge in [-0.2, -0.15) is 0 Å². The highest BCUT2D eigenvalue weighted by molar-refractivity contribution is 7.92. The average Bonchev–Trinajstić information content (AvgIpc) is 2.95. The van der Waals surface area contributed by atoms with Crippen molar-refractivity contribution in [2.24, 2.45) is 0 Å². The first kappa shape index (κ1) is 19.9. The van der Waals surface area contributed by atoms with E-state index in [9.17, 15) is 8.42 Å². The lowest BCUT2D eigenvalue weighted by Gasteiger charge is -2.18. The molecule has 3 rings (SSSR count). The fraction of sp³-hybridized carbons (Fsp3) is 0.286. The van der Waals surface area contributed by atoms with Gasteiger partial charge in [-0.3, -0.25) is 4.72 Å². The molecule has 2 aromatic carbocycles. The van der Waals surface area contributed by atoms with Crippen LogP contribution in [0, 0.1) is 27.7 Å². The molecule has 0 aliphatic heterocycles. The minimum Gasteiger partial charge on any atom is -0.377 e. The lowest BCUT2D eigenvalue weighted by atomic mass is 10.1. The van der Waals surface area contributed by atoms with Crippen LogP contribution < -0.4 is 9.62 Å². The Hall–Kier alpha value is -2.80. The molecule has 6 nitrogen and oxygen atoms in total. The number of anilines is 2. The largest absolute Gasteiger partial charge is 0.377 e. The van der Waals surface area contributed by atoms with Gasteiger partial charge in [-0.25, -0.2) is 8.42 Å². The Bertz CT molecular complexity index is 1130. The maximum atomic E-state index is 13.1. The predicted octanol–water partition coefficient (Wildman–Crippen LogP) is 4.44. The van der Waals surface area contributed by atoms with Gasteiger partial charge >= 0.3 is 0 Å². The van der Waals surface area contributed by atoms with Crippen LogP contribution in [0.3, 0.4) is 0 Å². The van der Waals surface area contributed by atoms with Crippen molar-refractivity contribution in [2.45, 2.75) is 32.6 Å². The number of aromatic nitrogens is 1. The molecule has 1 N–H and O–H groups in total. The van der Waals surface area contributed by atoms with E-state index in [1.807, 2.05) is 58.0 Å². The summed E-state index contributed by atoms with van der Waals surface area (Å²) in [6, 6.07) is 10.8. The second-order valence-electron chi connectivity index (χ2n) is 7.20. The molecule has 0 spiro atoms. The van der Waals surface area contributed by atoms with Crippen molar-refractivity contribution in [2.75, 3.05) is 23.7 Å². The molecule has 28 heavy (non-hydrogen) atoms. The molecule has 0 atom stereocenters. The summed E-state index contributed by atoms with van der Waals surface area (Å²) in [5, 5.41) is 3.96. The normalized spacial score (nSPS) is 11.5. The van der Waals surface area contributed by atoms with Crippen LogP contribution in [0.1, 0.15) is 22.4 Å². The van der Waals surface area contributed by atoms with Crippen LogP contribution in [0.4, 0.5) is 11.4 Å². The van der Waals surface area contributed by atoms with Crippen molar-refractivity contribution in [1.82, 2.24) is 5.16 Å². The zero-order valence-corrected chi connectivity index (χ0v) is 17.8. The predicted molar refractivity (Wildman–Crippen MR) is 112 cm³/mol. The minimum absolute atomic E-state index is 0.213. The van der Waals surface area contributed by atoms with Crippen molar-refractivity contribution in [3.05, 3.63) is 58.8 Å². The number of benzene rings is 2. The number of rotatable bonds is 5. The van der Waals surface area contributed by atoms with Crippen LogP contribution in [0.15, 0.2) is 45.8 Å². The molecule has 0 aliphatic rings. The Balaban J connectivity index is 2.01. The molecular weight excluding hydrogens is 374 g/mol. The summed E-state index contributed by atoms with van der Waals surface area (Å²) in [4.78, 5) is 2.17. The van der Waals surface area contributed by atoms with Gasteiger partial charge in [0.05, 0.1) is 16.3 Å². The van der Waals surface area contributed by atoms with Crippen molar-refractivity contribution in [3.63, 3.8) is 0 Å². The zero-order chi connectivity index (χ0) is 20.6. The van der Waals surface area contributed by atoms with Crippen LogP contribution in [0.5, 0.6) is 0 Å². The number of hydrogen-bond acceptors (Lipinski definition) is 5. The summed E-state index contributed by atoms with van der Waals surface area (Å²) in [6.45, 7) is 7.53. The molecule has 1 aromatic heterocycles. The maximum Gasteiger partial charge on any atom is 0.262 e. The Kier molecular flexibility index (Phi) is 5.21. The Morgan fingerprint density at radius 1 is 0.964 bits per heavy atom. The van der Waals surface area contributed by atoms with Gasteiger partial charge in [0, 0.05) is 30.9 Å². The lowest BCUT2D eigenvalue weighted by Crippen LogP contribution is -2.16. The van der Waals surface area contributed by atoms with Crippen molar-refractivity contribution in [1.29, 1.82) is 0 Å². The topological polar surface area (TPSA) is 75.4 Å². The van der Waals surface area contributed by atoms with Gasteiger partial charge in [0.15, 0.2) is 5.76 Å².